The first-order chi connectivity index (χ1) is 14.0. The highest BCUT2D eigenvalue weighted by Crippen LogP contribution is 2.23. The van der Waals surface area contributed by atoms with Crippen LogP contribution in [-0.2, 0) is 14.3 Å². The number of ether oxygens (including phenoxy) is 2. The third-order valence-electron chi connectivity index (χ3n) is 4.85. The molecule has 0 saturated carbocycles. The molecule has 1 aliphatic rings. The van der Waals surface area contributed by atoms with Gasteiger partial charge >= 0.3 is 0 Å². The average molecular weight is 425 g/mol. The summed E-state index contributed by atoms with van der Waals surface area (Å²) in [5, 5.41) is 6.88. The molecule has 1 amide bonds. The minimum absolute atomic E-state index is 0.0687. The van der Waals surface area contributed by atoms with Crippen LogP contribution < -0.4 is 10.6 Å². The van der Waals surface area contributed by atoms with Gasteiger partial charge in [0, 0.05) is 49.8 Å². The number of halogens is 1. The number of guanidine groups is 1. The third kappa shape index (κ3) is 7.84. The molecule has 2 N–H and O–H groups in total. The normalized spacial score (nSPS) is 16.9. The molecule has 1 atom stereocenters. The lowest BCUT2D eigenvalue weighted by atomic mass is 10.1. The highest BCUT2D eigenvalue weighted by atomic mass is 35.5. The molecular weight excluding hydrogens is 392 g/mol. The van der Waals surface area contributed by atoms with E-state index in [9.17, 15) is 4.79 Å². The Kier molecular flexibility index (Phi) is 10.2. The van der Waals surface area contributed by atoms with E-state index in [4.69, 9.17) is 21.1 Å². The van der Waals surface area contributed by atoms with Crippen LogP contribution in [0.1, 0.15) is 25.3 Å². The van der Waals surface area contributed by atoms with Crippen molar-refractivity contribution in [1.29, 1.82) is 0 Å². The van der Waals surface area contributed by atoms with Gasteiger partial charge in [0.2, 0.25) is 5.91 Å². The molecule has 0 radical (unpaired) electrons. The number of benzene rings is 1. The van der Waals surface area contributed by atoms with Crippen molar-refractivity contribution in [2.75, 3.05) is 58.4 Å². The lowest BCUT2D eigenvalue weighted by Crippen LogP contribution is -2.40. The summed E-state index contributed by atoms with van der Waals surface area (Å²) in [5.74, 6) is 1.28. The first-order valence-electron chi connectivity index (χ1n) is 10.2. The van der Waals surface area contributed by atoms with Gasteiger partial charge in [0.1, 0.15) is 0 Å². The Labute approximate surface area is 178 Å². The summed E-state index contributed by atoms with van der Waals surface area (Å²) in [6.07, 6.45) is 1.39. The zero-order chi connectivity index (χ0) is 21.1. The predicted molar refractivity (Wildman–Crippen MR) is 118 cm³/mol. The van der Waals surface area contributed by atoms with Crippen LogP contribution in [-0.4, -0.2) is 69.9 Å². The highest BCUT2D eigenvalue weighted by molar-refractivity contribution is 6.31. The second-order valence-corrected chi connectivity index (χ2v) is 7.52. The van der Waals surface area contributed by atoms with Gasteiger partial charge in [-0.05, 0) is 38.0 Å². The molecule has 7 nitrogen and oxygen atoms in total. The Bertz CT molecular complexity index is 684. The number of hydrogen-bond donors (Lipinski definition) is 2. The Morgan fingerprint density at radius 3 is 2.97 bits per heavy atom. The van der Waals surface area contributed by atoms with Crippen molar-refractivity contribution in [2.24, 2.45) is 10.9 Å². The molecule has 0 bridgehead atoms. The standard InChI is InChI=1S/C21H33ClN4O3/c1-4-23-21(26-11-9-17(14-26)15-29-13-12-28-3)24-10-8-20(27)25-19-7-5-6-18(22)16(19)2/h5-7,17H,4,8-15H2,1-3H3,(H,23,24)(H,25,27). The first-order valence-corrected chi connectivity index (χ1v) is 10.6. The Morgan fingerprint density at radius 1 is 1.38 bits per heavy atom. The van der Waals surface area contributed by atoms with E-state index in [2.05, 4.69) is 20.5 Å². The van der Waals surface area contributed by atoms with Crippen molar-refractivity contribution in [1.82, 2.24) is 10.2 Å². The Hall–Kier alpha value is -1.83. The number of nitrogens with zero attached hydrogens (tertiary/aromatic N) is 2. The Balaban J connectivity index is 1.81. The van der Waals surface area contributed by atoms with Crippen LogP contribution in [0.15, 0.2) is 23.2 Å². The minimum Gasteiger partial charge on any atom is -0.382 e. The molecule has 0 aliphatic carbocycles. The van der Waals surface area contributed by atoms with Crippen LogP contribution in [0, 0.1) is 12.8 Å². The van der Waals surface area contributed by atoms with Gasteiger partial charge in [0.05, 0.1) is 26.4 Å². The maximum atomic E-state index is 12.3. The van der Waals surface area contributed by atoms with Crippen molar-refractivity contribution < 1.29 is 14.3 Å². The number of rotatable bonds is 10. The van der Waals surface area contributed by atoms with Gasteiger partial charge in [-0.1, -0.05) is 17.7 Å². The van der Waals surface area contributed by atoms with Crippen LogP contribution in [0.2, 0.25) is 5.02 Å². The predicted octanol–water partition coefficient (Wildman–Crippen LogP) is 2.93. The van der Waals surface area contributed by atoms with Crippen LogP contribution >= 0.6 is 11.6 Å². The molecule has 1 aromatic carbocycles. The third-order valence-corrected chi connectivity index (χ3v) is 5.26. The van der Waals surface area contributed by atoms with Crippen LogP contribution in [0.5, 0.6) is 0 Å². The Morgan fingerprint density at radius 2 is 2.21 bits per heavy atom. The van der Waals surface area contributed by atoms with Crippen molar-refractivity contribution in [3.05, 3.63) is 28.8 Å². The number of carbonyl (C=O) groups is 1. The highest BCUT2D eigenvalue weighted by Gasteiger charge is 2.25. The second-order valence-electron chi connectivity index (χ2n) is 7.11. The van der Waals surface area contributed by atoms with Crippen LogP contribution in [0.4, 0.5) is 5.69 Å². The smallest absolute Gasteiger partial charge is 0.226 e. The number of nitrogens with one attached hydrogen (secondary N) is 2. The summed E-state index contributed by atoms with van der Waals surface area (Å²) < 4.78 is 10.7. The minimum atomic E-state index is -0.0687. The number of carbonyl (C=O) groups excluding carboxylic acids is 1. The van der Waals surface area contributed by atoms with E-state index in [0.29, 0.717) is 37.1 Å². The van der Waals surface area contributed by atoms with E-state index in [-0.39, 0.29) is 5.91 Å². The molecule has 8 heteroatoms. The molecule has 1 unspecified atom stereocenters. The summed E-state index contributed by atoms with van der Waals surface area (Å²) in [4.78, 5) is 19.2. The van der Waals surface area contributed by atoms with E-state index in [1.807, 2.05) is 32.0 Å². The summed E-state index contributed by atoms with van der Waals surface area (Å²) in [6, 6.07) is 5.49. The SMILES string of the molecule is CCNC(=NCCC(=O)Nc1cccc(Cl)c1C)N1CCC(COCCOC)C1. The fourth-order valence-corrected chi connectivity index (χ4v) is 3.37. The van der Waals surface area contributed by atoms with Gasteiger partial charge in [-0.25, -0.2) is 0 Å². The molecule has 1 saturated heterocycles. The van der Waals surface area contributed by atoms with Crippen molar-refractivity contribution in [3.63, 3.8) is 0 Å². The zero-order valence-electron chi connectivity index (χ0n) is 17.7. The number of aliphatic imine (C=N–C) groups is 1. The van der Waals surface area contributed by atoms with Gasteiger partial charge in [-0.3, -0.25) is 9.79 Å². The maximum absolute atomic E-state index is 12.3. The fourth-order valence-electron chi connectivity index (χ4n) is 3.20. The zero-order valence-corrected chi connectivity index (χ0v) is 18.4. The maximum Gasteiger partial charge on any atom is 0.226 e. The summed E-state index contributed by atoms with van der Waals surface area (Å²) >= 11 is 6.11. The molecule has 162 valence electrons. The van der Waals surface area contributed by atoms with Crippen molar-refractivity contribution in [3.8, 4) is 0 Å². The van der Waals surface area contributed by atoms with Gasteiger partial charge < -0.3 is 25.0 Å². The molecule has 29 heavy (non-hydrogen) atoms. The van der Waals surface area contributed by atoms with E-state index >= 15 is 0 Å². The number of anilines is 1. The lowest BCUT2D eigenvalue weighted by molar-refractivity contribution is -0.116. The molecule has 1 fully saturated rings. The molecule has 0 spiro atoms. The monoisotopic (exact) mass is 424 g/mol. The van der Waals surface area contributed by atoms with E-state index in [1.165, 1.54) is 0 Å². The number of amides is 1. The average Bonchev–Trinajstić information content (AvgIpc) is 3.17. The molecule has 1 aromatic rings. The first kappa shape index (κ1) is 23.4. The molecule has 1 aliphatic heterocycles. The van der Waals surface area contributed by atoms with Gasteiger partial charge in [-0.15, -0.1) is 0 Å². The van der Waals surface area contributed by atoms with E-state index in [0.717, 1.165) is 49.9 Å². The summed E-state index contributed by atoms with van der Waals surface area (Å²) in [5.41, 5.74) is 1.62. The number of hydrogen-bond acceptors (Lipinski definition) is 4. The lowest BCUT2D eigenvalue weighted by Gasteiger charge is -2.21. The van der Waals surface area contributed by atoms with Crippen molar-refractivity contribution in [2.45, 2.75) is 26.7 Å². The summed E-state index contributed by atoms with van der Waals surface area (Å²) in [6.45, 7) is 9.00. The fraction of sp³-hybridized carbons (Fsp3) is 0.619. The molecule has 2 rings (SSSR count). The molecule has 1 heterocycles. The molecular formula is C21H33ClN4O3. The summed E-state index contributed by atoms with van der Waals surface area (Å²) in [7, 11) is 1.68. The van der Waals surface area contributed by atoms with E-state index < -0.39 is 0 Å². The quantitative estimate of drug-likeness (QED) is 0.343. The number of methoxy groups -OCH3 is 1. The largest absolute Gasteiger partial charge is 0.382 e. The topological polar surface area (TPSA) is 75.2 Å². The van der Waals surface area contributed by atoms with Crippen LogP contribution in [0.3, 0.4) is 0 Å². The molecule has 0 aromatic heterocycles. The second kappa shape index (κ2) is 12.7. The van der Waals surface area contributed by atoms with E-state index in [1.54, 1.807) is 7.11 Å². The van der Waals surface area contributed by atoms with Gasteiger partial charge in [0.25, 0.3) is 0 Å². The van der Waals surface area contributed by atoms with Crippen LogP contribution in [0.25, 0.3) is 0 Å². The van der Waals surface area contributed by atoms with Gasteiger partial charge in [0.15, 0.2) is 5.96 Å². The number of likely N-dealkylation sites (tertiary alicyclic amines) is 1. The van der Waals surface area contributed by atoms with Gasteiger partial charge in [-0.2, -0.15) is 0 Å². The van der Waals surface area contributed by atoms with Crippen molar-refractivity contribution >= 4 is 29.2 Å².